The van der Waals surface area contributed by atoms with Crippen molar-refractivity contribution in [1.82, 2.24) is 10.3 Å². The van der Waals surface area contributed by atoms with E-state index in [0.29, 0.717) is 6.04 Å². The Balaban J connectivity index is 1.81. The second kappa shape index (κ2) is 4.83. The summed E-state index contributed by atoms with van der Waals surface area (Å²) >= 11 is 0. The van der Waals surface area contributed by atoms with Crippen LogP contribution in [0.5, 0.6) is 0 Å². The molecule has 0 amide bonds. The predicted octanol–water partition coefficient (Wildman–Crippen LogP) is 2.79. The van der Waals surface area contributed by atoms with Crippen molar-refractivity contribution in [2.45, 2.75) is 45.9 Å². The highest BCUT2D eigenvalue weighted by Gasteiger charge is 2.46. The van der Waals surface area contributed by atoms with Crippen LogP contribution in [0.3, 0.4) is 0 Å². The predicted molar refractivity (Wildman–Crippen MR) is 81.5 cm³/mol. The molecule has 106 valence electrons. The monoisotopic (exact) mass is 270 g/mol. The molecule has 1 aliphatic carbocycles. The third kappa shape index (κ3) is 2.21. The molecule has 1 aromatic carbocycles. The van der Waals surface area contributed by atoms with Gasteiger partial charge < -0.3 is 10.4 Å². The molecule has 1 fully saturated rings. The van der Waals surface area contributed by atoms with Crippen molar-refractivity contribution in [1.29, 1.82) is 0 Å². The van der Waals surface area contributed by atoms with Gasteiger partial charge in [-0.05, 0) is 31.0 Å². The van der Waals surface area contributed by atoms with Gasteiger partial charge in [0.1, 0.15) is 0 Å². The Morgan fingerprint density at radius 3 is 2.80 bits per heavy atom. The van der Waals surface area contributed by atoms with Gasteiger partial charge >= 0.3 is 0 Å². The van der Waals surface area contributed by atoms with Crippen LogP contribution in [0.2, 0.25) is 0 Å². The number of nitrogens with one attached hydrogen (secondary N) is 1. The summed E-state index contributed by atoms with van der Waals surface area (Å²) in [6.45, 7) is 7.10. The molecule has 2 aromatic rings. The number of aromatic nitrogens is 1. The van der Waals surface area contributed by atoms with Gasteiger partial charge in [0.15, 0.2) is 0 Å². The van der Waals surface area contributed by atoms with Crippen LogP contribution in [0.1, 0.15) is 31.5 Å². The minimum absolute atomic E-state index is 0.0299. The van der Waals surface area contributed by atoms with Gasteiger partial charge in [-0.25, -0.2) is 0 Å². The van der Waals surface area contributed by atoms with E-state index in [4.69, 9.17) is 0 Å². The molecule has 0 saturated heterocycles. The van der Waals surface area contributed by atoms with Gasteiger partial charge in [-0.3, -0.25) is 4.98 Å². The molecule has 2 N–H and O–H groups in total. The van der Waals surface area contributed by atoms with E-state index < -0.39 is 0 Å². The summed E-state index contributed by atoms with van der Waals surface area (Å²) in [6.07, 6.45) is 0.658. The van der Waals surface area contributed by atoms with Crippen molar-refractivity contribution < 1.29 is 5.11 Å². The van der Waals surface area contributed by atoms with E-state index in [1.807, 2.05) is 13.0 Å². The molecule has 20 heavy (non-hydrogen) atoms. The Hall–Kier alpha value is -1.45. The van der Waals surface area contributed by atoms with Gasteiger partial charge in [0.05, 0.1) is 11.6 Å². The quantitative estimate of drug-likeness (QED) is 0.901. The smallest absolute Gasteiger partial charge is 0.0708 e. The van der Waals surface area contributed by atoms with Crippen molar-refractivity contribution in [2.24, 2.45) is 5.41 Å². The number of para-hydroxylation sites is 1. The summed E-state index contributed by atoms with van der Waals surface area (Å²) in [7, 11) is 0. The highest BCUT2D eigenvalue weighted by atomic mass is 16.3. The van der Waals surface area contributed by atoms with E-state index in [0.717, 1.165) is 24.2 Å². The van der Waals surface area contributed by atoms with E-state index in [1.165, 1.54) is 10.9 Å². The highest BCUT2D eigenvalue weighted by molar-refractivity contribution is 5.82. The maximum atomic E-state index is 9.81. The Morgan fingerprint density at radius 2 is 2.10 bits per heavy atom. The van der Waals surface area contributed by atoms with Crippen LogP contribution in [0.25, 0.3) is 10.9 Å². The summed E-state index contributed by atoms with van der Waals surface area (Å²) in [6, 6.07) is 10.8. The van der Waals surface area contributed by atoms with Crippen LogP contribution in [-0.2, 0) is 6.54 Å². The fourth-order valence-electron chi connectivity index (χ4n) is 3.02. The first-order chi connectivity index (χ1) is 9.48. The van der Waals surface area contributed by atoms with Gasteiger partial charge in [-0.1, -0.05) is 32.0 Å². The minimum Gasteiger partial charge on any atom is -0.392 e. The van der Waals surface area contributed by atoms with Gasteiger partial charge in [0.2, 0.25) is 0 Å². The lowest BCUT2D eigenvalue weighted by Crippen LogP contribution is -2.59. The Kier molecular flexibility index (Phi) is 3.27. The van der Waals surface area contributed by atoms with Crippen LogP contribution >= 0.6 is 0 Å². The second-order valence-electron chi connectivity index (χ2n) is 6.45. The third-order valence-corrected chi connectivity index (χ3v) is 4.68. The van der Waals surface area contributed by atoms with E-state index >= 15 is 0 Å². The molecular formula is C17H22N2O. The van der Waals surface area contributed by atoms with E-state index in [-0.39, 0.29) is 11.5 Å². The van der Waals surface area contributed by atoms with Crippen molar-refractivity contribution in [3.8, 4) is 0 Å². The zero-order valence-electron chi connectivity index (χ0n) is 12.4. The lowest BCUT2D eigenvalue weighted by Gasteiger charge is -2.49. The summed E-state index contributed by atoms with van der Waals surface area (Å²) < 4.78 is 0. The first-order valence-electron chi connectivity index (χ1n) is 7.25. The number of aryl methyl sites for hydroxylation is 1. The van der Waals surface area contributed by atoms with Crippen LogP contribution in [-0.4, -0.2) is 22.2 Å². The number of hydrogen-bond acceptors (Lipinski definition) is 3. The number of hydrogen-bond donors (Lipinski definition) is 2. The lowest BCUT2D eigenvalue weighted by molar-refractivity contribution is -0.0729. The maximum Gasteiger partial charge on any atom is 0.0708 e. The topological polar surface area (TPSA) is 45.1 Å². The second-order valence-corrected chi connectivity index (χ2v) is 6.45. The number of rotatable bonds is 3. The molecule has 1 aliphatic rings. The SMILES string of the molecule is Cc1cc(CNC2CC(O)C2(C)C)c2ccccc2n1. The lowest BCUT2D eigenvalue weighted by atomic mass is 9.64. The van der Waals surface area contributed by atoms with Crippen molar-refractivity contribution in [2.75, 3.05) is 0 Å². The Bertz CT molecular complexity index is 636. The van der Waals surface area contributed by atoms with Gasteiger partial charge in [-0.15, -0.1) is 0 Å². The molecule has 3 rings (SSSR count). The first-order valence-corrected chi connectivity index (χ1v) is 7.25. The molecule has 2 unspecified atom stereocenters. The average molecular weight is 270 g/mol. The zero-order chi connectivity index (χ0) is 14.3. The van der Waals surface area contributed by atoms with Crippen molar-refractivity contribution in [3.05, 3.63) is 41.6 Å². The average Bonchev–Trinajstić information content (AvgIpc) is 2.42. The van der Waals surface area contributed by atoms with Gasteiger partial charge in [0.25, 0.3) is 0 Å². The standard InChI is InChI=1S/C17H22N2O/c1-11-8-12(13-6-4-5-7-14(13)19-11)10-18-15-9-16(20)17(15,2)3/h4-8,15-16,18,20H,9-10H2,1-3H3. The maximum absolute atomic E-state index is 9.81. The molecule has 3 nitrogen and oxygen atoms in total. The summed E-state index contributed by atoms with van der Waals surface area (Å²) in [5.74, 6) is 0. The number of aliphatic hydroxyl groups excluding tert-OH is 1. The summed E-state index contributed by atoms with van der Waals surface area (Å²) in [5, 5.41) is 14.6. The minimum atomic E-state index is -0.184. The largest absolute Gasteiger partial charge is 0.392 e. The van der Waals surface area contributed by atoms with Gasteiger partial charge in [0, 0.05) is 29.1 Å². The van der Waals surface area contributed by atoms with Gasteiger partial charge in [-0.2, -0.15) is 0 Å². The molecule has 3 heteroatoms. The number of benzene rings is 1. The number of aliphatic hydroxyl groups is 1. The molecule has 0 radical (unpaired) electrons. The molecule has 1 saturated carbocycles. The summed E-state index contributed by atoms with van der Waals surface area (Å²) in [5.41, 5.74) is 3.36. The molecule has 0 bridgehead atoms. The Labute approximate surface area is 120 Å². The normalized spacial score (nSPS) is 24.6. The third-order valence-electron chi connectivity index (χ3n) is 4.68. The van der Waals surface area contributed by atoms with E-state index in [1.54, 1.807) is 0 Å². The molecule has 2 atom stereocenters. The van der Waals surface area contributed by atoms with E-state index in [2.05, 4.69) is 48.4 Å². The summed E-state index contributed by atoms with van der Waals surface area (Å²) in [4.78, 5) is 4.57. The van der Waals surface area contributed by atoms with E-state index in [9.17, 15) is 5.11 Å². The number of fused-ring (bicyclic) bond motifs is 1. The first kappa shape index (κ1) is 13.5. The number of nitrogens with zero attached hydrogens (tertiary/aromatic N) is 1. The molecule has 1 heterocycles. The number of pyridine rings is 1. The van der Waals surface area contributed by atoms with Crippen molar-refractivity contribution in [3.63, 3.8) is 0 Å². The fourth-order valence-corrected chi connectivity index (χ4v) is 3.02. The van der Waals surface area contributed by atoms with Crippen LogP contribution in [0.15, 0.2) is 30.3 Å². The van der Waals surface area contributed by atoms with Crippen LogP contribution < -0.4 is 5.32 Å². The Morgan fingerprint density at radius 1 is 1.35 bits per heavy atom. The molecular weight excluding hydrogens is 248 g/mol. The molecule has 0 spiro atoms. The zero-order valence-corrected chi connectivity index (χ0v) is 12.4. The fraction of sp³-hybridized carbons (Fsp3) is 0.471. The molecule has 0 aliphatic heterocycles. The van der Waals surface area contributed by atoms with Crippen molar-refractivity contribution >= 4 is 10.9 Å². The van der Waals surface area contributed by atoms with Crippen LogP contribution in [0.4, 0.5) is 0 Å². The highest BCUT2D eigenvalue weighted by Crippen LogP contribution is 2.40. The van der Waals surface area contributed by atoms with Crippen LogP contribution in [0, 0.1) is 12.3 Å². The molecule has 1 aromatic heterocycles.